The molecule has 1 saturated heterocycles. The molecule has 4 aliphatic rings. The van der Waals surface area contributed by atoms with Gasteiger partial charge in [0, 0.05) is 22.9 Å². The molecule has 1 aromatic carbocycles. The lowest BCUT2D eigenvalue weighted by Crippen LogP contribution is -2.64. The fraction of sp³-hybridized carbons (Fsp3) is 0.500. The number of aliphatic hydroxyl groups excluding tert-OH is 1. The molecule has 2 aliphatic heterocycles. The van der Waals surface area contributed by atoms with Crippen LogP contribution in [0.4, 0.5) is 0 Å². The Kier molecular flexibility index (Phi) is 1.89. The molecule has 1 fully saturated rings. The first-order valence-electron chi connectivity index (χ1n) is 7.33. The summed E-state index contributed by atoms with van der Waals surface area (Å²) < 4.78 is 6.04. The Morgan fingerprint density at radius 3 is 3.10 bits per heavy atom. The van der Waals surface area contributed by atoms with E-state index in [4.69, 9.17) is 4.74 Å². The van der Waals surface area contributed by atoms with Gasteiger partial charge >= 0.3 is 0 Å². The molecule has 0 aromatic heterocycles. The number of ether oxygens (including phenoxy) is 1. The summed E-state index contributed by atoms with van der Waals surface area (Å²) in [5.41, 5.74) is 2.26. The Balaban J connectivity index is 1.86. The molecule has 1 aromatic rings. The minimum atomic E-state index is -0.595. The van der Waals surface area contributed by atoms with Crippen molar-refractivity contribution in [2.45, 2.75) is 36.5 Å². The number of hydrogen-bond donors (Lipinski definition) is 3. The number of benzene rings is 1. The highest BCUT2D eigenvalue weighted by molar-refractivity contribution is 5.61. The summed E-state index contributed by atoms with van der Waals surface area (Å²) in [7, 11) is 0. The van der Waals surface area contributed by atoms with E-state index in [-0.39, 0.29) is 17.3 Å². The molecule has 2 bridgehead atoms. The first kappa shape index (κ1) is 11.2. The van der Waals surface area contributed by atoms with Crippen molar-refractivity contribution in [2.75, 3.05) is 6.54 Å². The molecule has 104 valence electrons. The number of rotatable bonds is 0. The first-order valence-corrected chi connectivity index (χ1v) is 7.33. The van der Waals surface area contributed by atoms with Crippen LogP contribution in [0, 0.1) is 5.92 Å². The van der Waals surface area contributed by atoms with Gasteiger partial charge in [-0.05, 0) is 31.0 Å². The van der Waals surface area contributed by atoms with Gasteiger partial charge in [0.15, 0.2) is 11.5 Å². The Bertz CT molecular complexity index is 641. The van der Waals surface area contributed by atoms with Crippen LogP contribution in [0.1, 0.15) is 17.5 Å². The molecule has 0 radical (unpaired) electrons. The van der Waals surface area contributed by atoms with Crippen molar-refractivity contribution < 1.29 is 14.9 Å². The minimum Gasteiger partial charge on any atom is -0.504 e. The molecule has 4 heteroatoms. The number of aromatic hydroxyl groups is 1. The average molecular weight is 271 g/mol. The lowest BCUT2D eigenvalue weighted by molar-refractivity contribution is -0.0177. The fourth-order valence-electron chi connectivity index (χ4n) is 4.98. The summed E-state index contributed by atoms with van der Waals surface area (Å²) in [5.74, 6) is 1.16. The molecule has 2 unspecified atom stereocenters. The van der Waals surface area contributed by atoms with Crippen LogP contribution in [-0.4, -0.2) is 35.0 Å². The second kappa shape index (κ2) is 3.38. The third-order valence-electron chi connectivity index (χ3n) is 5.68. The summed E-state index contributed by atoms with van der Waals surface area (Å²) in [4.78, 5) is 0. The van der Waals surface area contributed by atoms with Gasteiger partial charge in [0.1, 0.15) is 12.2 Å². The zero-order valence-electron chi connectivity index (χ0n) is 11.0. The van der Waals surface area contributed by atoms with Crippen molar-refractivity contribution in [3.63, 3.8) is 0 Å². The number of piperidine rings is 1. The van der Waals surface area contributed by atoms with Crippen LogP contribution in [0.2, 0.25) is 0 Å². The second-order valence-corrected chi connectivity index (χ2v) is 6.44. The average Bonchev–Trinajstić information content (AvgIpc) is 2.78. The maximum absolute atomic E-state index is 10.4. The molecule has 4 nitrogen and oxygen atoms in total. The second-order valence-electron chi connectivity index (χ2n) is 6.44. The summed E-state index contributed by atoms with van der Waals surface area (Å²) >= 11 is 0. The third kappa shape index (κ3) is 1.04. The Labute approximate surface area is 117 Å². The molecule has 0 amide bonds. The van der Waals surface area contributed by atoms with Gasteiger partial charge in [-0.15, -0.1) is 0 Å². The highest BCUT2D eigenvalue weighted by atomic mass is 16.5. The van der Waals surface area contributed by atoms with Crippen LogP contribution in [0.25, 0.3) is 0 Å². The fourth-order valence-corrected chi connectivity index (χ4v) is 4.98. The zero-order valence-corrected chi connectivity index (χ0v) is 11.0. The van der Waals surface area contributed by atoms with Gasteiger partial charge < -0.3 is 20.3 Å². The quantitative estimate of drug-likeness (QED) is 0.612. The van der Waals surface area contributed by atoms with E-state index in [0.29, 0.717) is 17.7 Å². The molecule has 2 heterocycles. The molecular weight excluding hydrogens is 254 g/mol. The van der Waals surface area contributed by atoms with Gasteiger partial charge in [0.25, 0.3) is 0 Å². The van der Waals surface area contributed by atoms with E-state index in [9.17, 15) is 10.2 Å². The molecule has 0 saturated carbocycles. The molecular formula is C16H17NO3. The van der Waals surface area contributed by atoms with E-state index < -0.39 is 6.10 Å². The monoisotopic (exact) mass is 271 g/mol. The molecule has 1 spiro atoms. The minimum absolute atomic E-state index is 0.161. The molecule has 5 atom stereocenters. The standard InChI is InChI=1S/C16H17NO3/c18-11-3-1-8-7-10-9-2-4-12(19)15-16(9,5-6-17-10)13(8)14(11)20-15/h1-4,9-10,12,15,17-19H,5-7H2/t9?,10?,12-,15-,16-/m0/s1. The lowest BCUT2D eigenvalue weighted by atomic mass is 9.54. The summed E-state index contributed by atoms with van der Waals surface area (Å²) in [6.07, 6.45) is 5.08. The lowest BCUT2D eigenvalue weighted by Gasteiger charge is -2.53. The Morgan fingerprint density at radius 2 is 2.20 bits per heavy atom. The van der Waals surface area contributed by atoms with Gasteiger partial charge in [0.05, 0.1) is 0 Å². The van der Waals surface area contributed by atoms with Crippen LogP contribution >= 0.6 is 0 Å². The third-order valence-corrected chi connectivity index (χ3v) is 5.68. The van der Waals surface area contributed by atoms with E-state index in [1.54, 1.807) is 6.07 Å². The van der Waals surface area contributed by atoms with Crippen molar-refractivity contribution in [1.82, 2.24) is 5.32 Å². The maximum atomic E-state index is 10.4. The van der Waals surface area contributed by atoms with E-state index in [1.807, 2.05) is 12.1 Å². The van der Waals surface area contributed by atoms with Crippen molar-refractivity contribution in [3.8, 4) is 11.5 Å². The van der Waals surface area contributed by atoms with Crippen molar-refractivity contribution >= 4 is 0 Å². The smallest absolute Gasteiger partial charge is 0.165 e. The largest absolute Gasteiger partial charge is 0.504 e. The predicted octanol–water partition coefficient (Wildman–Crippen LogP) is 0.856. The molecule has 2 aliphatic carbocycles. The summed E-state index contributed by atoms with van der Waals surface area (Å²) in [6.45, 7) is 0.941. The number of nitrogens with one attached hydrogen (secondary N) is 1. The van der Waals surface area contributed by atoms with Crippen molar-refractivity contribution in [2.24, 2.45) is 5.92 Å². The van der Waals surface area contributed by atoms with Gasteiger partial charge in [-0.3, -0.25) is 0 Å². The van der Waals surface area contributed by atoms with Gasteiger partial charge in [-0.25, -0.2) is 0 Å². The Morgan fingerprint density at radius 1 is 1.30 bits per heavy atom. The summed E-state index contributed by atoms with van der Waals surface area (Å²) in [6, 6.07) is 4.14. The van der Waals surface area contributed by atoms with Crippen LogP contribution in [0.15, 0.2) is 24.3 Å². The summed E-state index contributed by atoms with van der Waals surface area (Å²) in [5, 5.41) is 24.1. The first-order chi connectivity index (χ1) is 9.72. The molecule has 5 rings (SSSR count). The van der Waals surface area contributed by atoms with Gasteiger partial charge in [0.2, 0.25) is 0 Å². The number of phenolic OH excluding ortho intramolecular Hbond substituents is 1. The molecule has 20 heavy (non-hydrogen) atoms. The van der Waals surface area contributed by atoms with Crippen molar-refractivity contribution in [3.05, 3.63) is 35.4 Å². The van der Waals surface area contributed by atoms with E-state index >= 15 is 0 Å². The maximum Gasteiger partial charge on any atom is 0.165 e. The zero-order chi connectivity index (χ0) is 13.5. The van der Waals surface area contributed by atoms with Gasteiger partial charge in [-0.1, -0.05) is 18.2 Å². The topological polar surface area (TPSA) is 61.7 Å². The van der Waals surface area contributed by atoms with Crippen LogP contribution in [-0.2, 0) is 11.8 Å². The van der Waals surface area contributed by atoms with Crippen LogP contribution < -0.4 is 10.1 Å². The van der Waals surface area contributed by atoms with Gasteiger partial charge in [-0.2, -0.15) is 0 Å². The van der Waals surface area contributed by atoms with Crippen molar-refractivity contribution in [1.29, 1.82) is 0 Å². The van der Waals surface area contributed by atoms with E-state index in [0.717, 1.165) is 24.9 Å². The predicted molar refractivity (Wildman–Crippen MR) is 72.9 cm³/mol. The van der Waals surface area contributed by atoms with Crippen LogP contribution in [0.5, 0.6) is 11.5 Å². The van der Waals surface area contributed by atoms with E-state index in [2.05, 4.69) is 11.4 Å². The number of aliphatic hydroxyl groups is 1. The number of hydrogen-bond acceptors (Lipinski definition) is 4. The van der Waals surface area contributed by atoms with E-state index in [1.165, 1.54) is 5.56 Å². The molecule has 3 N–H and O–H groups in total. The normalized spacial score (nSPS) is 43.0. The SMILES string of the molecule is Oc1ccc2c3c1O[C@H]1[C@@H](O)C=CC4C(C2)NCC[C@@]341. The number of phenols is 1. The highest BCUT2D eigenvalue weighted by Gasteiger charge is 2.63. The van der Waals surface area contributed by atoms with Crippen LogP contribution in [0.3, 0.4) is 0 Å². The highest BCUT2D eigenvalue weighted by Crippen LogP contribution is 2.61. The Hall–Kier alpha value is -1.52.